The molecule has 4 rings (SSSR count). The molecule has 1 atom stereocenters. The molecule has 3 aliphatic rings. The highest BCUT2D eigenvalue weighted by molar-refractivity contribution is 5.92. The first kappa shape index (κ1) is 16.1. The summed E-state index contributed by atoms with van der Waals surface area (Å²) in [7, 11) is 0. The van der Waals surface area contributed by atoms with Crippen molar-refractivity contribution in [2.45, 2.75) is 62.9 Å². The zero-order chi connectivity index (χ0) is 16.6. The van der Waals surface area contributed by atoms with Crippen molar-refractivity contribution in [3.05, 3.63) is 17.5 Å². The van der Waals surface area contributed by atoms with Gasteiger partial charge in [0.15, 0.2) is 5.69 Å². The molecule has 0 bridgehead atoms. The van der Waals surface area contributed by atoms with Crippen LogP contribution in [0.4, 0.5) is 0 Å². The van der Waals surface area contributed by atoms with Crippen molar-refractivity contribution < 1.29 is 14.1 Å². The van der Waals surface area contributed by atoms with Gasteiger partial charge in [0.1, 0.15) is 5.76 Å². The zero-order valence-electron chi connectivity index (χ0n) is 14.4. The Morgan fingerprint density at radius 2 is 2.04 bits per heavy atom. The second kappa shape index (κ2) is 6.48. The molecule has 1 aromatic heterocycles. The number of hydrogen-bond donors (Lipinski definition) is 1. The van der Waals surface area contributed by atoms with Crippen molar-refractivity contribution >= 4 is 5.91 Å². The van der Waals surface area contributed by atoms with Crippen LogP contribution in [0.1, 0.15) is 67.6 Å². The monoisotopic (exact) mass is 333 g/mol. The Kier molecular flexibility index (Phi) is 4.35. The molecule has 0 aromatic carbocycles. The molecule has 24 heavy (non-hydrogen) atoms. The van der Waals surface area contributed by atoms with E-state index in [-0.39, 0.29) is 17.5 Å². The van der Waals surface area contributed by atoms with Crippen LogP contribution in [0.5, 0.6) is 0 Å². The molecule has 0 radical (unpaired) electrons. The van der Waals surface area contributed by atoms with E-state index in [0.717, 1.165) is 57.7 Å². The summed E-state index contributed by atoms with van der Waals surface area (Å²) in [6.07, 6.45) is 7.03. The first-order chi connectivity index (χ1) is 11.7. The molecule has 6 nitrogen and oxygen atoms in total. The molecule has 6 heteroatoms. The van der Waals surface area contributed by atoms with Gasteiger partial charge in [-0.2, -0.15) is 0 Å². The van der Waals surface area contributed by atoms with Gasteiger partial charge in [-0.3, -0.25) is 9.69 Å². The fourth-order valence-electron chi connectivity index (χ4n) is 4.38. The number of nitrogens with zero attached hydrogens (tertiary/aromatic N) is 2. The zero-order valence-corrected chi connectivity index (χ0v) is 14.4. The highest BCUT2D eigenvalue weighted by Crippen LogP contribution is 2.40. The third kappa shape index (κ3) is 2.97. The quantitative estimate of drug-likeness (QED) is 0.896. The average molecular weight is 333 g/mol. The van der Waals surface area contributed by atoms with Gasteiger partial charge in [-0.25, -0.2) is 0 Å². The molecule has 0 unspecified atom stereocenters. The highest BCUT2D eigenvalue weighted by Gasteiger charge is 2.45. The van der Waals surface area contributed by atoms with Crippen LogP contribution in [0.3, 0.4) is 0 Å². The third-order valence-corrected chi connectivity index (χ3v) is 6.00. The number of nitrogens with one attached hydrogen (secondary N) is 1. The van der Waals surface area contributed by atoms with Crippen LogP contribution >= 0.6 is 0 Å². The Balaban J connectivity index is 1.45. The Hall–Kier alpha value is -1.40. The van der Waals surface area contributed by atoms with E-state index in [4.69, 9.17) is 9.26 Å². The summed E-state index contributed by atoms with van der Waals surface area (Å²) >= 11 is 0. The second-order valence-corrected chi connectivity index (χ2v) is 7.49. The molecule has 132 valence electrons. The molecule has 2 aliphatic carbocycles. The number of ether oxygens (including phenoxy) is 1. The molecule has 2 saturated carbocycles. The van der Waals surface area contributed by atoms with Gasteiger partial charge in [-0.05, 0) is 32.6 Å². The van der Waals surface area contributed by atoms with E-state index in [2.05, 4.69) is 22.3 Å². The average Bonchev–Trinajstić information content (AvgIpc) is 3.14. The lowest BCUT2D eigenvalue weighted by Gasteiger charge is -2.47. The van der Waals surface area contributed by atoms with Crippen molar-refractivity contribution in [3.8, 4) is 0 Å². The molecule has 1 N–H and O–H groups in total. The Bertz CT molecular complexity index is 584. The van der Waals surface area contributed by atoms with Crippen LogP contribution in [-0.4, -0.2) is 53.8 Å². The predicted molar refractivity (Wildman–Crippen MR) is 89.0 cm³/mol. The van der Waals surface area contributed by atoms with Crippen LogP contribution < -0.4 is 5.32 Å². The van der Waals surface area contributed by atoms with Gasteiger partial charge >= 0.3 is 0 Å². The van der Waals surface area contributed by atoms with Crippen molar-refractivity contribution in [3.63, 3.8) is 0 Å². The molecule has 1 saturated heterocycles. The smallest absolute Gasteiger partial charge is 0.273 e. The van der Waals surface area contributed by atoms with E-state index >= 15 is 0 Å². The second-order valence-electron chi connectivity index (χ2n) is 7.49. The molecule has 2 heterocycles. The number of amides is 1. The SMILES string of the molecule is C[C@@H](NC(=O)c1cc(C2CC2)on1)C1(N2CCOCC2)CCCC1. The molecule has 0 spiro atoms. The number of rotatable bonds is 5. The van der Waals surface area contributed by atoms with E-state index in [1.54, 1.807) is 0 Å². The van der Waals surface area contributed by atoms with Gasteiger partial charge in [-0.15, -0.1) is 0 Å². The summed E-state index contributed by atoms with van der Waals surface area (Å²) in [5.41, 5.74) is 0.474. The maximum atomic E-state index is 12.6. The number of morpholine rings is 1. The van der Waals surface area contributed by atoms with Crippen LogP contribution in [0.15, 0.2) is 10.6 Å². The fraction of sp³-hybridized carbons (Fsp3) is 0.778. The molecular formula is C18H27N3O3. The first-order valence-electron chi connectivity index (χ1n) is 9.29. The first-order valence-corrected chi connectivity index (χ1v) is 9.29. The predicted octanol–water partition coefficient (Wildman–Crippen LogP) is 2.32. The molecule has 1 aromatic rings. The van der Waals surface area contributed by atoms with Crippen LogP contribution in [0.2, 0.25) is 0 Å². The van der Waals surface area contributed by atoms with Crippen molar-refractivity contribution in [2.75, 3.05) is 26.3 Å². The van der Waals surface area contributed by atoms with Crippen LogP contribution in [-0.2, 0) is 4.74 Å². The van der Waals surface area contributed by atoms with Gasteiger partial charge in [0.2, 0.25) is 0 Å². The van der Waals surface area contributed by atoms with Crippen molar-refractivity contribution in [1.29, 1.82) is 0 Å². The number of aromatic nitrogens is 1. The maximum absolute atomic E-state index is 12.6. The molecule has 1 aliphatic heterocycles. The fourth-order valence-corrected chi connectivity index (χ4v) is 4.38. The number of carbonyl (C=O) groups excluding carboxylic acids is 1. The van der Waals surface area contributed by atoms with Gasteiger partial charge in [0, 0.05) is 36.7 Å². The Morgan fingerprint density at radius 1 is 1.33 bits per heavy atom. The molecule has 3 fully saturated rings. The lowest BCUT2D eigenvalue weighted by Crippen LogP contribution is -2.62. The molecule has 1 amide bonds. The van der Waals surface area contributed by atoms with E-state index in [1.165, 1.54) is 12.8 Å². The largest absolute Gasteiger partial charge is 0.379 e. The topological polar surface area (TPSA) is 67.6 Å². The highest BCUT2D eigenvalue weighted by atomic mass is 16.5. The third-order valence-electron chi connectivity index (χ3n) is 6.00. The van der Waals surface area contributed by atoms with E-state index in [9.17, 15) is 4.79 Å². The Morgan fingerprint density at radius 3 is 2.71 bits per heavy atom. The van der Waals surface area contributed by atoms with Crippen molar-refractivity contribution in [2.24, 2.45) is 0 Å². The van der Waals surface area contributed by atoms with Gasteiger partial charge in [-0.1, -0.05) is 18.0 Å². The van der Waals surface area contributed by atoms with Gasteiger partial charge in [0.25, 0.3) is 5.91 Å². The summed E-state index contributed by atoms with van der Waals surface area (Å²) in [4.78, 5) is 15.2. The minimum atomic E-state index is -0.113. The van der Waals surface area contributed by atoms with Crippen molar-refractivity contribution in [1.82, 2.24) is 15.4 Å². The summed E-state index contributed by atoms with van der Waals surface area (Å²) in [5.74, 6) is 1.22. The normalized spacial score (nSPS) is 25.5. The minimum absolute atomic E-state index is 0.0580. The van der Waals surface area contributed by atoms with E-state index in [0.29, 0.717) is 11.6 Å². The lowest BCUT2D eigenvalue weighted by molar-refractivity contribution is -0.0323. The summed E-state index contributed by atoms with van der Waals surface area (Å²) in [5, 5.41) is 7.18. The summed E-state index contributed by atoms with van der Waals surface area (Å²) in [6.45, 7) is 5.62. The number of carbonyl (C=O) groups is 1. The van der Waals surface area contributed by atoms with Gasteiger partial charge in [0.05, 0.1) is 13.2 Å². The lowest BCUT2D eigenvalue weighted by atomic mass is 9.86. The summed E-state index contributed by atoms with van der Waals surface area (Å²) in [6, 6.07) is 1.90. The Labute approximate surface area is 142 Å². The summed E-state index contributed by atoms with van der Waals surface area (Å²) < 4.78 is 10.8. The molecular weight excluding hydrogens is 306 g/mol. The minimum Gasteiger partial charge on any atom is -0.379 e. The van der Waals surface area contributed by atoms with Crippen LogP contribution in [0, 0.1) is 0 Å². The number of hydrogen-bond acceptors (Lipinski definition) is 5. The van der Waals surface area contributed by atoms with E-state index in [1.807, 2.05) is 6.07 Å². The standard InChI is InChI=1S/C18H27N3O3/c1-13(18(6-2-3-7-18)21-8-10-23-11-9-21)19-17(22)15-12-16(24-20-15)14-4-5-14/h12-14H,2-11H2,1H3,(H,19,22)/t13-/m1/s1. The van der Waals surface area contributed by atoms with Gasteiger partial charge < -0.3 is 14.6 Å². The van der Waals surface area contributed by atoms with Crippen LogP contribution in [0.25, 0.3) is 0 Å². The van der Waals surface area contributed by atoms with E-state index < -0.39 is 0 Å². The maximum Gasteiger partial charge on any atom is 0.273 e.